The van der Waals surface area contributed by atoms with E-state index in [-0.39, 0.29) is 0 Å². The summed E-state index contributed by atoms with van der Waals surface area (Å²) in [5.74, 6) is 0. The van der Waals surface area contributed by atoms with Gasteiger partial charge in [0.15, 0.2) is 0 Å². The van der Waals surface area contributed by atoms with Crippen LogP contribution < -0.4 is 19.6 Å². The maximum absolute atomic E-state index is 2.47. The van der Waals surface area contributed by atoms with Crippen LogP contribution in [0.5, 0.6) is 0 Å². The van der Waals surface area contributed by atoms with Gasteiger partial charge in [-0.2, -0.15) is 0 Å². The highest BCUT2D eigenvalue weighted by Crippen LogP contribution is 2.50. The monoisotopic (exact) mass is 980 g/mol. The fourth-order valence-corrected chi connectivity index (χ4v) is 11.3. The van der Waals surface area contributed by atoms with Crippen LogP contribution in [0.1, 0.15) is 33.4 Å². The molecular formula is C72H60N4. The van der Waals surface area contributed by atoms with Gasteiger partial charge in [0.2, 0.25) is 0 Å². The molecule has 0 saturated carbocycles. The molecule has 0 aliphatic heterocycles. The summed E-state index contributed by atoms with van der Waals surface area (Å²) >= 11 is 0. The van der Waals surface area contributed by atoms with Gasteiger partial charge in [-0.15, -0.1) is 0 Å². The molecule has 0 amide bonds. The lowest BCUT2D eigenvalue weighted by molar-refractivity contribution is 1.26. The Morgan fingerprint density at radius 2 is 0.329 bits per heavy atom. The van der Waals surface area contributed by atoms with Gasteiger partial charge in [0.05, 0.1) is 34.1 Å². The molecule has 0 N–H and O–H groups in total. The third kappa shape index (κ3) is 8.98. The zero-order chi connectivity index (χ0) is 51.9. The average molecular weight is 981 g/mol. The van der Waals surface area contributed by atoms with Crippen LogP contribution in [-0.2, 0) is 0 Å². The molecule has 0 unspecified atom stereocenters. The highest BCUT2D eigenvalue weighted by atomic mass is 15.2. The van der Waals surface area contributed by atoms with Gasteiger partial charge >= 0.3 is 0 Å². The molecule has 12 aromatic carbocycles. The fourth-order valence-electron chi connectivity index (χ4n) is 11.3. The van der Waals surface area contributed by atoms with E-state index in [4.69, 9.17) is 0 Å². The van der Waals surface area contributed by atoms with E-state index in [2.05, 4.69) is 316 Å². The lowest BCUT2D eigenvalue weighted by Gasteiger charge is -2.32. The van der Waals surface area contributed by atoms with Crippen molar-refractivity contribution in [1.29, 1.82) is 0 Å². The molecule has 0 aromatic heterocycles. The van der Waals surface area contributed by atoms with Crippen molar-refractivity contribution in [2.75, 3.05) is 19.6 Å². The van der Waals surface area contributed by atoms with Gasteiger partial charge in [-0.25, -0.2) is 0 Å². The Bertz CT molecular complexity index is 3780. The number of fused-ring (bicyclic) bond motifs is 3. The van der Waals surface area contributed by atoms with Crippen LogP contribution in [0.25, 0.3) is 32.3 Å². The number of hydrogen-bond acceptors (Lipinski definition) is 4. The van der Waals surface area contributed by atoms with Crippen LogP contribution in [0, 0.1) is 41.5 Å². The van der Waals surface area contributed by atoms with E-state index >= 15 is 0 Å². The molecule has 0 aliphatic rings. The van der Waals surface area contributed by atoms with E-state index in [1.54, 1.807) is 0 Å². The van der Waals surface area contributed by atoms with Crippen molar-refractivity contribution in [3.63, 3.8) is 0 Å². The maximum Gasteiger partial charge on any atom is 0.0541 e. The molecule has 0 radical (unpaired) electrons. The van der Waals surface area contributed by atoms with Crippen molar-refractivity contribution < 1.29 is 0 Å². The molecule has 0 heterocycles. The molecule has 0 aliphatic carbocycles. The first-order chi connectivity index (χ1) is 37.2. The largest absolute Gasteiger partial charge is 0.310 e. The van der Waals surface area contributed by atoms with Crippen molar-refractivity contribution >= 4 is 101 Å². The summed E-state index contributed by atoms with van der Waals surface area (Å²) in [5.41, 5.74) is 20.5. The molecular weight excluding hydrogens is 921 g/mol. The summed E-state index contributed by atoms with van der Waals surface area (Å²) in [6, 6.07) is 93.8. The van der Waals surface area contributed by atoms with Crippen LogP contribution in [0.3, 0.4) is 0 Å². The Morgan fingerprint density at radius 1 is 0.171 bits per heavy atom. The molecule has 0 spiro atoms. The molecule has 76 heavy (non-hydrogen) atoms. The third-order valence-corrected chi connectivity index (χ3v) is 14.6. The summed E-state index contributed by atoms with van der Waals surface area (Å²) in [4.78, 5) is 9.76. The Hall–Kier alpha value is -9.38. The molecule has 4 nitrogen and oxygen atoms in total. The lowest BCUT2D eigenvalue weighted by atomic mass is 9.99. The molecule has 0 fully saturated rings. The molecule has 4 heteroatoms. The first-order valence-corrected chi connectivity index (χ1v) is 26.3. The smallest absolute Gasteiger partial charge is 0.0541 e. The van der Waals surface area contributed by atoms with Crippen molar-refractivity contribution in [3.05, 3.63) is 288 Å². The summed E-state index contributed by atoms with van der Waals surface area (Å²) in [5, 5.41) is 6.90. The third-order valence-electron chi connectivity index (χ3n) is 14.6. The molecule has 0 bridgehead atoms. The van der Waals surface area contributed by atoms with Gasteiger partial charge in [-0.3, -0.25) is 0 Å². The highest BCUT2D eigenvalue weighted by Gasteiger charge is 2.25. The molecule has 0 atom stereocenters. The van der Waals surface area contributed by atoms with Gasteiger partial charge in [0.25, 0.3) is 0 Å². The Kier molecular flexibility index (Phi) is 12.6. The second-order valence-corrected chi connectivity index (χ2v) is 20.3. The number of benzene rings is 12. The SMILES string of the molecule is Cc1cccc(N(c2cccc(C)c2)c2cccc3c(N(c4cccc(C)c4)c4cccc5c(N(c6cccc(C)c6)c6cccc7c(N(c8cccc(C)c8)c8cccc(C)c8)cccc67)cccc45)cccc23)c1. The van der Waals surface area contributed by atoms with Crippen molar-refractivity contribution in [2.24, 2.45) is 0 Å². The van der Waals surface area contributed by atoms with Gasteiger partial charge in [0.1, 0.15) is 0 Å². The number of aryl methyl sites for hydroxylation is 6. The van der Waals surface area contributed by atoms with E-state index < -0.39 is 0 Å². The Balaban J connectivity index is 1.07. The predicted molar refractivity (Wildman–Crippen MR) is 326 cm³/mol. The van der Waals surface area contributed by atoms with Gasteiger partial charge in [-0.05, 0) is 184 Å². The highest BCUT2D eigenvalue weighted by molar-refractivity contribution is 6.13. The first kappa shape index (κ1) is 47.6. The normalized spacial score (nSPS) is 11.3. The van der Waals surface area contributed by atoms with Crippen LogP contribution in [0.4, 0.5) is 68.2 Å². The average Bonchev–Trinajstić information content (AvgIpc) is 3.46. The molecule has 12 aromatic rings. The zero-order valence-electron chi connectivity index (χ0n) is 44.0. The van der Waals surface area contributed by atoms with Gasteiger partial charge in [0, 0.05) is 66.4 Å². The minimum Gasteiger partial charge on any atom is -0.310 e. The summed E-state index contributed by atoms with van der Waals surface area (Å²) in [6.07, 6.45) is 0. The predicted octanol–water partition coefficient (Wildman–Crippen LogP) is 20.9. The standard InChI is InChI=1S/C72H60N4/c1-49-19-7-25-55(43-49)73(56-26-8-20-50(2)44-56)67-37-13-33-63-61(67)31-15-39-69(63)75(59-29-11-23-53(5)47-59)71-41-17-36-66-65(71)35-18-42-72(66)76(60-30-12-24-54(6)48-60)70-40-16-32-62-64(70)34-14-38-68(62)74(57-27-9-21-51(3)45-57)58-28-10-22-52(4)46-58/h7-48H,1-6H3. The maximum atomic E-state index is 2.47. The van der Waals surface area contributed by atoms with E-state index in [0.29, 0.717) is 0 Å². The second kappa shape index (κ2) is 20.1. The van der Waals surface area contributed by atoms with Crippen LogP contribution in [0.2, 0.25) is 0 Å². The lowest BCUT2D eigenvalue weighted by Crippen LogP contribution is -2.14. The van der Waals surface area contributed by atoms with Crippen molar-refractivity contribution in [2.45, 2.75) is 41.5 Å². The summed E-state index contributed by atoms with van der Waals surface area (Å²) < 4.78 is 0. The molecule has 368 valence electrons. The fraction of sp³-hybridized carbons (Fsp3) is 0.0833. The van der Waals surface area contributed by atoms with Crippen molar-refractivity contribution in [3.8, 4) is 0 Å². The van der Waals surface area contributed by atoms with Gasteiger partial charge < -0.3 is 19.6 Å². The van der Waals surface area contributed by atoms with E-state index in [1.807, 2.05) is 0 Å². The number of anilines is 12. The topological polar surface area (TPSA) is 13.0 Å². The van der Waals surface area contributed by atoms with Crippen LogP contribution in [0.15, 0.2) is 255 Å². The summed E-state index contributed by atoms with van der Waals surface area (Å²) in [7, 11) is 0. The zero-order valence-corrected chi connectivity index (χ0v) is 44.0. The minimum absolute atomic E-state index is 1.09. The molecule has 12 rings (SSSR count). The quantitative estimate of drug-likeness (QED) is 0.121. The summed E-state index contributed by atoms with van der Waals surface area (Å²) in [6.45, 7) is 13.0. The Labute approximate surface area is 447 Å². The Morgan fingerprint density at radius 3 is 0.513 bits per heavy atom. The van der Waals surface area contributed by atoms with E-state index in [1.165, 1.54) is 33.4 Å². The van der Waals surface area contributed by atoms with Crippen molar-refractivity contribution in [1.82, 2.24) is 0 Å². The van der Waals surface area contributed by atoms with E-state index in [0.717, 1.165) is 101 Å². The second-order valence-electron chi connectivity index (χ2n) is 20.3. The number of hydrogen-bond donors (Lipinski definition) is 0. The van der Waals surface area contributed by atoms with E-state index in [9.17, 15) is 0 Å². The number of nitrogens with zero attached hydrogens (tertiary/aromatic N) is 4. The molecule has 0 saturated heterocycles. The van der Waals surface area contributed by atoms with Crippen LogP contribution >= 0.6 is 0 Å². The van der Waals surface area contributed by atoms with Gasteiger partial charge in [-0.1, -0.05) is 146 Å². The first-order valence-electron chi connectivity index (χ1n) is 26.3. The minimum atomic E-state index is 1.09. The number of rotatable bonds is 12. The van der Waals surface area contributed by atoms with Crippen LogP contribution in [-0.4, -0.2) is 0 Å².